The summed E-state index contributed by atoms with van der Waals surface area (Å²) in [5.74, 6) is 0.0947. The van der Waals surface area contributed by atoms with E-state index in [9.17, 15) is 9.90 Å². The minimum atomic E-state index is -1.56. The quantitative estimate of drug-likeness (QED) is 0.624. The Balaban J connectivity index is 2.16. The molecule has 1 atom stereocenters. The van der Waals surface area contributed by atoms with Crippen LogP contribution in [-0.4, -0.2) is 51.4 Å². The summed E-state index contributed by atoms with van der Waals surface area (Å²) in [7, 11) is 0. The molecule has 0 aromatic carbocycles. The van der Waals surface area contributed by atoms with E-state index in [4.69, 9.17) is 15.2 Å². The van der Waals surface area contributed by atoms with E-state index >= 15 is 0 Å². The lowest BCUT2D eigenvalue weighted by Gasteiger charge is -2.43. The molecular formula is C24H36N4O4. The first-order valence-corrected chi connectivity index (χ1v) is 11.0. The standard InChI is InChI=1S/C24H36N4O4/c1-8-13-31-23(6)9-11-27(12-10-23)20-19(24(7,21(29)30)32-22(3,4)5)16(2)14-18-26-17(25)15-28(18)20/h8,14-15H,1,9-13,25H2,2-7H3,(H,29,30)/t24-/m0/s1. The fourth-order valence-electron chi connectivity index (χ4n) is 4.56. The molecule has 2 aromatic heterocycles. The van der Waals surface area contributed by atoms with Gasteiger partial charge in [-0.1, -0.05) is 6.08 Å². The number of aromatic nitrogens is 2. The zero-order valence-corrected chi connectivity index (χ0v) is 20.1. The normalized spacial score (nSPS) is 18.5. The SMILES string of the molecule is C=CCOC1(C)CCN(c2c([C@](C)(OC(C)(C)C)C(=O)O)c(C)cc3nc(N)cn23)CC1. The summed E-state index contributed by atoms with van der Waals surface area (Å²) in [5.41, 5.74) is 5.63. The number of aryl methyl sites for hydroxylation is 1. The highest BCUT2D eigenvalue weighted by Crippen LogP contribution is 2.41. The number of hydrogen-bond acceptors (Lipinski definition) is 6. The van der Waals surface area contributed by atoms with E-state index in [1.54, 1.807) is 19.2 Å². The molecule has 0 saturated carbocycles. The molecule has 0 bridgehead atoms. The molecule has 1 aliphatic rings. The number of carboxylic acid groups (broad SMARTS) is 1. The molecule has 1 aliphatic heterocycles. The first-order chi connectivity index (χ1) is 14.8. The van der Waals surface area contributed by atoms with Crippen molar-refractivity contribution in [1.82, 2.24) is 9.38 Å². The van der Waals surface area contributed by atoms with Gasteiger partial charge in [0, 0.05) is 18.7 Å². The minimum Gasteiger partial charge on any atom is -0.479 e. The number of nitrogens with zero attached hydrogens (tertiary/aromatic N) is 3. The molecule has 1 saturated heterocycles. The van der Waals surface area contributed by atoms with Crippen LogP contribution in [0.4, 0.5) is 11.6 Å². The molecule has 0 unspecified atom stereocenters. The molecule has 0 aliphatic carbocycles. The third kappa shape index (κ3) is 4.61. The van der Waals surface area contributed by atoms with Crippen LogP contribution >= 0.6 is 0 Å². The number of carboxylic acids is 1. The molecule has 2 aromatic rings. The zero-order valence-electron chi connectivity index (χ0n) is 20.1. The number of hydrogen-bond donors (Lipinski definition) is 2. The summed E-state index contributed by atoms with van der Waals surface area (Å²) in [4.78, 5) is 19.3. The van der Waals surface area contributed by atoms with E-state index in [1.165, 1.54) is 0 Å². The summed E-state index contributed by atoms with van der Waals surface area (Å²) < 4.78 is 14.1. The number of nitrogen functional groups attached to an aromatic ring is 1. The van der Waals surface area contributed by atoms with Crippen LogP contribution in [0.3, 0.4) is 0 Å². The Morgan fingerprint density at radius 2 is 1.97 bits per heavy atom. The molecule has 1 fully saturated rings. The predicted molar refractivity (Wildman–Crippen MR) is 126 cm³/mol. The Morgan fingerprint density at radius 1 is 1.34 bits per heavy atom. The van der Waals surface area contributed by atoms with Gasteiger partial charge in [-0.25, -0.2) is 9.78 Å². The highest BCUT2D eigenvalue weighted by Gasteiger charge is 2.45. The molecule has 32 heavy (non-hydrogen) atoms. The number of nitrogens with two attached hydrogens (primary N) is 1. The summed E-state index contributed by atoms with van der Waals surface area (Å²) in [6.07, 6.45) is 5.10. The lowest BCUT2D eigenvalue weighted by atomic mass is 9.88. The fraction of sp³-hybridized carbons (Fsp3) is 0.583. The molecular weight excluding hydrogens is 408 g/mol. The Labute approximate surface area is 190 Å². The Bertz CT molecular complexity index is 1020. The maximum atomic E-state index is 12.6. The minimum absolute atomic E-state index is 0.250. The van der Waals surface area contributed by atoms with Crippen molar-refractivity contribution in [3.63, 3.8) is 0 Å². The lowest BCUT2D eigenvalue weighted by Crippen LogP contribution is -2.48. The van der Waals surface area contributed by atoms with E-state index < -0.39 is 17.2 Å². The molecule has 3 N–H and O–H groups in total. The molecule has 3 rings (SSSR count). The number of pyridine rings is 1. The van der Waals surface area contributed by atoms with Crippen LogP contribution in [0.1, 0.15) is 58.6 Å². The Morgan fingerprint density at radius 3 is 2.50 bits per heavy atom. The van der Waals surface area contributed by atoms with E-state index in [0.717, 1.165) is 24.2 Å². The first-order valence-electron chi connectivity index (χ1n) is 11.0. The zero-order chi connectivity index (χ0) is 23.9. The molecule has 3 heterocycles. The van der Waals surface area contributed by atoms with Gasteiger partial charge in [-0.3, -0.25) is 4.40 Å². The van der Waals surface area contributed by atoms with Crippen LogP contribution in [0.15, 0.2) is 24.9 Å². The average molecular weight is 445 g/mol. The molecule has 8 nitrogen and oxygen atoms in total. The van der Waals surface area contributed by atoms with Gasteiger partial charge >= 0.3 is 5.97 Å². The van der Waals surface area contributed by atoms with Crippen LogP contribution in [0.2, 0.25) is 0 Å². The maximum Gasteiger partial charge on any atom is 0.340 e. The summed E-state index contributed by atoms with van der Waals surface area (Å²) >= 11 is 0. The van der Waals surface area contributed by atoms with Crippen LogP contribution in [0, 0.1) is 6.92 Å². The second-order valence-corrected chi connectivity index (χ2v) is 10.0. The Kier molecular flexibility index (Phi) is 6.32. The van der Waals surface area contributed by atoms with Crippen molar-refractivity contribution in [2.45, 2.75) is 71.2 Å². The third-order valence-corrected chi connectivity index (χ3v) is 6.01. The third-order valence-electron chi connectivity index (χ3n) is 6.01. The van der Waals surface area contributed by atoms with Crippen molar-refractivity contribution in [1.29, 1.82) is 0 Å². The second-order valence-electron chi connectivity index (χ2n) is 10.0. The highest BCUT2D eigenvalue weighted by molar-refractivity contribution is 5.83. The van der Waals surface area contributed by atoms with Crippen molar-refractivity contribution in [3.8, 4) is 0 Å². The van der Waals surface area contributed by atoms with E-state index in [-0.39, 0.29) is 5.60 Å². The maximum absolute atomic E-state index is 12.6. The fourth-order valence-corrected chi connectivity index (χ4v) is 4.56. The number of aliphatic carboxylic acids is 1. The van der Waals surface area contributed by atoms with Gasteiger partial charge in [0.1, 0.15) is 17.3 Å². The van der Waals surface area contributed by atoms with Crippen LogP contribution < -0.4 is 10.6 Å². The monoisotopic (exact) mass is 444 g/mol. The second kappa shape index (κ2) is 8.41. The van der Waals surface area contributed by atoms with Crippen molar-refractivity contribution in [2.75, 3.05) is 30.3 Å². The lowest BCUT2D eigenvalue weighted by molar-refractivity contribution is -0.183. The Hall–Kier alpha value is -2.58. The summed E-state index contributed by atoms with van der Waals surface area (Å²) in [6.45, 7) is 16.9. The number of carbonyl (C=O) groups is 1. The predicted octanol–water partition coefficient (Wildman–Crippen LogP) is 3.90. The van der Waals surface area contributed by atoms with Gasteiger partial charge < -0.3 is 25.2 Å². The van der Waals surface area contributed by atoms with E-state index in [1.807, 2.05) is 38.2 Å². The number of ether oxygens (including phenoxy) is 2. The summed E-state index contributed by atoms with van der Waals surface area (Å²) in [6, 6.07) is 1.86. The van der Waals surface area contributed by atoms with Crippen molar-refractivity contribution in [3.05, 3.63) is 36.0 Å². The van der Waals surface area contributed by atoms with Gasteiger partial charge in [-0.15, -0.1) is 6.58 Å². The first kappa shape index (κ1) is 24.1. The van der Waals surface area contributed by atoms with Crippen LogP contribution in [0.5, 0.6) is 0 Å². The number of piperidine rings is 1. The van der Waals surface area contributed by atoms with Gasteiger partial charge in [0.2, 0.25) is 0 Å². The highest BCUT2D eigenvalue weighted by atomic mass is 16.5. The van der Waals surface area contributed by atoms with Crippen LogP contribution in [-0.2, 0) is 19.9 Å². The number of rotatable bonds is 7. The molecule has 8 heteroatoms. The molecule has 0 spiro atoms. The topological polar surface area (TPSA) is 102 Å². The number of imidazole rings is 1. The number of anilines is 2. The van der Waals surface area contributed by atoms with E-state index in [2.05, 4.69) is 23.4 Å². The van der Waals surface area contributed by atoms with Crippen molar-refractivity contribution in [2.24, 2.45) is 0 Å². The van der Waals surface area contributed by atoms with Crippen LogP contribution in [0.25, 0.3) is 5.65 Å². The van der Waals surface area contributed by atoms with Crippen molar-refractivity contribution >= 4 is 23.3 Å². The largest absolute Gasteiger partial charge is 0.479 e. The summed E-state index contributed by atoms with van der Waals surface area (Å²) in [5, 5.41) is 10.3. The smallest absolute Gasteiger partial charge is 0.340 e. The molecule has 0 radical (unpaired) electrons. The van der Waals surface area contributed by atoms with Crippen molar-refractivity contribution < 1.29 is 19.4 Å². The number of fused-ring (bicyclic) bond motifs is 1. The van der Waals surface area contributed by atoms with Gasteiger partial charge in [-0.05, 0) is 66.0 Å². The molecule has 176 valence electrons. The van der Waals surface area contributed by atoms with Gasteiger partial charge in [0.05, 0.1) is 24.0 Å². The van der Waals surface area contributed by atoms with Gasteiger partial charge in [0.15, 0.2) is 5.60 Å². The van der Waals surface area contributed by atoms with Gasteiger partial charge in [-0.2, -0.15) is 0 Å². The van der Waals surface area contributed by atoms with Gasteiger partial charge in [0.25, 0.3) is 0 Å². The van der Waals surface area contributed by atoms with E-state index in [0.29, 0.717) is 36.7 Å². The molecule has 0 amide bonds. The average Bonchev–Trinajstić information content (AvgIpc) is 3.04.